The van der Waals surface area contributed by atoms with Crippen LogP contribution in [0.2, 0.25) is 0 Å². The number of nitrogens with zero attached hydrogens (tertiary/aromatic N) is 2. The number of rotatable bonds is 4. The molecule has 2 aromatic rings. The average molecular weight is 252 g/mol. The second-order valence-corrected chi connectivity index (χ2v) is 3.50. The van der Waals surface area contributed by atoms with Crippen molar-refractivity contribution in [2.45, 2.75) is 13.5 Å². The summed E-state index contributed by atoms with van der Waals surface area (Å²) in [5.74, 6) is -1.13. The van der Waals surface area contributed by atoms with Crippen molar-refractivity contribution in [1.29, 1.82) is 0 Å². The average Bonchev–Trinajstić information content (AvgIpc) is 2.72. The molecule has 0 aliphatic carbocycles. The summed E-state index contributed by atoms with van der Waals surface area (Å²) < 4.78 is 23.0. The van der Waals surface area contributed by atoms with Crippen molar-refractivity contribution in [2.75, 3.05) is 0 Å². The number of carboxylic acids is 1. The molecule has 1 aromatic heterocycles. The van der Waals surface area contributed by atoms with Crippen molar-refractivity contribution >= 4 is 5.97 Å². The number of aromatic nitrogens is 2. The standard InChI is InChI=1S/C11H9FN2O4/c1-6-13-10(14-18-6)5-17-9-3-7(11(15)16)2-8(12)4-9/h2-4H,5H2,1H3,(H,15,16). The van der Waals surface area contributed by atoms with Crippen molar-refractivity contribution in [3.63, 3.8) is 0 Å². The first-order valence-corrected chi connectivity index (χ1v) is 5.00. The van der Waals surface area contributed by atoms with Crippen LogP contribution in [-0.2, 0) is 6.61 Å². The van der Waals surface area contributed by atoms with E-state index in [0.717, 1.165) is 12.1 Å². The number of aromatic carboxylic acids is 1. The van der Waals surface area contributed by atoms with Crippen LogP contribution < -0.4 is 4.74 Å². The molecule has 0 saturated carbocycles. The maximum Gasteiger partial charge on any atom is 0.335 e. The summed E-state index contributed by atoms with van der Waals surface area (Å²) in [6.45, 7) is 1.60. The fraction of sp³-hybridized carbons (Fsp3) is 0.182. The first-order valence-electron chi connectivity index (χ1n) is 5.00. The highest BCUT2D eigenvalue weighted by Gasteiger charge is 2.09. The van der Waals surface area contributed by atoms with Crippen molar-refractivity contribution in [3.8, 4) is 5.75 Å². The Bertz CT molecular complexity index is 582. The fourth-order valence-electron chi connectivity index (χ4n) is 1.32. The van der Waals surface area contributed by atoms with E-state index >= 15 is 0 Å². The largest absolute Gasteiger partial charge is 0.485 e. The molecule has 1 aromatic carbocycles. The number of carboxylic acid groups (broad SMARTS) is 1. The van der Waals surface area contributed by atoms with Gasteiger partial charge in [-0.25, -0.2) is 9.18 Å². The van der Waals surface area contributed by atoms with E-state index < -0.39 is 11.8 Å². The summed E-state index contributed by atoms with van der Waals surface area (Å²) in [4.78, 5) is 14.6. The van der Waals surface area contributed by atoms with Crippen molar-refractivity contribution in [3.05, 3.63) is 41.3 Å². The molecule has 0 radical (unpaired) electrons. The lowest BCUT2D eigenvalue weighted by Gasteiger charge is -2.04. The highest BCUT2D eigenvalue weighted by atomic mass is 19.1. The number of aryl methyl sites for hydroxylation is 1. The molecule has 6 nitrogen and oxygen atoms in total. The maximum atomic E-state index is 13.1. The Hall–Kier alpha value is -2.44. The third-order valence-corrected chi connectivity index (χ3v) is 2.06. The van der Waals surface area contributed by atoms with Gasteiger partial charge in [0.2, 0.25) is 11.7 Å². The van der Waals surface area contributed by atoms with Gasteiger partial charge in [-0.3, -0.25) is 0 Å². The molecular weight excluding hydrogens is 243 g/mol. The van der Waals surface area contributed by atoms with Crippen LogP contribution in [0.25, 0.3) is 0 Å². The molecule has 18 heavy (non-hydrogen) atoms. The van der Waals surface area contributed by atoms with E-state index in [4.69, 9.17) is 14.4 Å². The van der Waals surface area contributed by atoms with Crippen molar-refractivity contribution in [2.24, 2.45) is 0 Å². The minimum absolute atomic E-state index is 0.0279. The Morgan fingerprint density at radius 1 is 1.50 bits per heavy atom. The molecule has 0 fully saturated rings. The highest BCUT2D eigenvalue weighted by molar-refractivity contribution is 5.88. The Morgan fingerprint density at radius 3 is 2.89 bits per heavy atom. The minimum Gasteiger partial charge on any atom is -0.485 e. The van der Waals surface area contributed by atoms with Gasteiger partial charge < -0.3 is 14.4 Å². The minimum atomic E-state index is -1.23. The van der Waals surface area contributed by atoms with Crippen molar-refractivity contribution < 1.29 is 23.6 Å². The van der Waals surface area contributed by atoms with Crippen LogP contribution in [0.3, 0.4) is 0 Å². The van der Waals surface area contributed by atoms with Gasteiger partial charge in [0.1, 0.15) is 11.6 Å². The van der Waals surface area contributed by atoms with E-state index in [1.165, 1.54) is 6.07 Å². The van der Waals surface area contributed by atoms with Crippen LogP contribution in [0.5, 0.6) is 5.75 Å². The summed E-state index contributed by atoms with van der Waals surface area (Å²) in [6, 6.07) is 3.21. The summed E-state index contributed by atoms with van der Waals surface area (Å²) in [5.41, 5.74) is -0.186. The predicted molar refractivity (Wildman–Crippen MR) is 56.7 cm³/mol. The van der Waals surface area contributed by atoms with Crippen LogP contribution in [0, 0.1) is 12.7 Å². The van der Waals surface area contributed by atoms with Crippen LogP contribution in [0.15, 0.2) is 22.7 Å². The van der Waals surface area contributed by atoms with Crippen LogP contribution >= 0.6 is 0 Å². The number of hydrogen-bond donors (Lipinski definition) is 1. The number of halogens is 1. The number of carbonyl (C=O) groups is 1. The third-order valence-electron chi connectivity index (χ3n) is 2.06. The topological polar surface area (TPSA) is 85.5 Å². The maximum absolute atomic E-state index is 13.1. The molecule has 0 unspecified atom stereocenters. The van der Waals surface area contributed by atoms with Gasteiger partial charge in [-0.05, 0) is 12.1 Å². The van der Waals surface area contributed by atoms with Gasteiger partial charge in [0.05, 0.1) is 5.56 Å². The van der Waals surface area contributed by atoms with Gasteiger partial charge in [0, 0.05) is 13.0 Å². The molecule has 94 valence electrons. The zero-order chi connectivity index (χ0) is 13.1. The van der Waals surface area contributed by atoms with Crippen LogP contribution in [-0.4, -0.2) is 21.2 Å². The number of ether oxygens (including phenoxy) is 1. The van der Waals surface area contributed by atoms with Gasteiger partial charge in [0.25, 0.3) is 0 Å². The van der Waals surface area contributed by atoms with E-state index in [2.05, 4.69) is 10.1 Å². The Kier molecular flexibility index (Phi) is 3.22. The SMILES string of the molecule is Cc1nc(COc2cc(F)cc(C(=O)O)c2)no1. The molecule has 0 bridgehead atoms. The first-order chi connectivity index (χ1) is 8.54. The van der Waals surface area contributed by atoms with E-state index in [1.807, 2.05) is 0 Å². The van der Waals surface area contributed by atoms with E-state index in [1.54, 1.807) is 6.92 Å². The first kappa shape index (κ1) is 12.0. The Morgan fingerprint density at radius 2 is 2.28 bits per heavy atom. The molecular formula is C11H9FN2O4. The summed E-state index contributed by atoms with van der Waals surface area (Å²) in [6.07, 6.45) is 0. The third kappa shape index (κ3) is 2.82. The Labute approximate surface area is 101 Å². The van der Waals surface area contributed by atoms with Gasteiger partial charge in [-0.2, -0.15) is 4.98 Å². The quantitative estimate of drug-likeness (QED) is 0.892. The van der Waals surface area contributed by atoms with E-state index in [9.17, 15) is 9.18 Å². The highest BCUT2D eigenvalue weighted by Crippen LogP contribution is 2.17. The zero-order valence-electron chi connectivity index (χ0n) is 9.38. The number of benzene rings is 1. The van der Waals surface area contributed by atoms with E-state index in [-0.39, 0.29) is 17.9 Å². The molecule has 1 N–H and O–H groups in total. The molecule has 1 heterocycles. The van der Waals surface area contributed by atoms with E-state index in [0.29, 0.717) is 11.7 Å². The zero-order valence-corrected chi connectivity index (χ0v) is 9.38. The van der Waals surface area contributed by atoms with Crippen molar-refractivity contribution in [1.82, 2.24) is 10.1 Å². The Balaban J connectivity index is 2.11. The second-order valence-electron chi connectivity index (χ2n) is 3.50. The second kappa shape index (κ2) is 4.82. The van der Waals surface area contributed by atoms with Gasteiger partial charge in [0.15, 0.2) is 6.61 Å². The number of hydrogen-bond acceptors (Lipinski definition) is 5. The molecule has 0 spiro atoms. The lowest BCUT2D eigenvalue weighted by Crippen LogP contribution is -2.01. The molecule has 0 saturated heterocycles. The summed E-state index contributed by atoms with van der Waals surface area (Å²) in [5, 5.41) is 12.4. The smallest absolute Gasteiger partial charge is 0.335 e. The molecule has 2 rings (SSSR count). The fourth-order valence-corrected chi connectivity index (χ4v) is 1.32. The lowest BCUT2D eigenvalue weighted by atomic mass is 10.2. The molecule has 0 atom stereocenters. The summed E-state index contributed by atoms with van der Waals surface area (Å²) >= 11 is 0. The summed E-state index contributed by atoms with van der Waals surface area (Å²) in [7, 11) is 0. The predicted octanol–water partition coefficient (Wildman–Crippen LogP) is 1.79. The van der Waals surface area contributed by atoms with Gasteiger partial charge in [-0.15, -0.1) is 0 Å². The van der Waals surface area contributed by atoms with Crippen LogP contribution in [0.4, 0.5) is 4.39 Å². The lowest BCUT2D eigenvalue weighted by molar-refractivity contribution is 0.0695. The normalized spacial score (nSPS) is 10.3. The van der Waals surface area contributed by atoms with Gasteiger partial charge in [-0.1, -0.05) is 5.16 Å². The molecule has 0 amide bonds. The van der Waals surface area contributed by atoms with Crippen LogP contribution in [0.1, 0.15) is 22.1 Å². The monoisotopic (exact) mass is 252 g/mol. The van der Waals surface area contributed by atoms with Gasteiger partial charge >= 0.3 is 5.97 Å². The molecule has 0 aliphatic heterocycles. The molecule has 0 aliphatic rings. The molecule has 7 heteroatoms.